The maximum atomic E-state index is 5.72. The van der Waals surface area contributed by atoms with Crippen LogP contribution < -0.4 is 10.1 Å². The molecule has 0 saturated carbocycles. The van der Waals surface area contributed by atoms with Crippen molar-refractivity contribution in [2.45, 2.75) is 51.5 Å². The molecule has 1 aromatic heterocycles. The monoisotopic (exact) mass is 344 g/mol. The van der Waals surface area contributed by atoms with Crippen LogP contribution >= 0.6 is 24.8 Å². The van der Waals surface area contributed by atoms with E-state index in [1.807, 2.05) is 6.07 Å². The molecule has 0 spiro atoms. The van der Waals surface area contributed by atoms with Crippen LogP contribution in [-0.2, 0) is 0 Å². The van der Waals surface area contributed by atoms with E-state index < -0.39 is 0 Å². The van der Waals surface area contributed by atoms with Gasteiger partial charge in [-0.3, -0.25) is 4.98 Å². The minimum absolute atomic E-state index is 0. The summed E-state index contributed by atoms with van der Waals surface area (Å²) in [6.07, 6.45) is 10.8. The fourth-order valence-electron chi connectivity index (χ4n) is 2.06. The Morgan fingerprint density at radius 1 is 1.27 bits per heavy atom. The number of nitrogens with zero attached hydrogens (tertiary/aromatic N) is 1. The van der Waals surface area contributed by atoms with E-state index in [0.717, 1.165) is 30.9 Å². The van der Waals surface area contributed by atoms with E-state index in [9.17, 15) is 0 Å². The fraction of sp³-hybridized carbons (Fsp3) is 0.588. The molecule has 0 bridgehead atoms. The van der Waals surface area contributed by atoms with Crippen molar-refractivity contribution >= 4 is 24.8 Å². The van der Waals surface area contributed by atoms with Crippen LogP contribution in [0.1, 0.15) is 51.0 Å². The fourth-order valence-corrected chi connectivity index (χ4v) is 2.06. The average Bonchev–Trinajstić information content (AvgIpc) is 2.41. The molecule has 1 atom stereocenters. The van der Waals surface area contributed by atoms with E-state index in [2.05, 4.69) is 29.1 Å². The Morgan fingerprint density at radius 3 is 2.77 bits per heavy atom. The zero-order valence-corrected chi connectivity index (χ0v) is 14.8. The molecule has 5 heteroatoms. The summed E-state index contributed by atoms with van der Waals surface area (Å²) in [5.41, 5.74) is 0.944. The molecule has 0 amide bonds. The number of hydrogen-bond donors (Lipinski definition) is 1. The summed E-state index contributed by atoms with van der Waals surface area (Å²) >= 11 is 0. The molecule has 1 N–H and O–H groups in total. The summed E-state index contributed by atoms with van der Waals surface area (Å²) in [6.45, 7) is 4.05. The summed E-state index contributed by atoms with van der Waals surface area (Å²) in [6, 6.07) is 2.48. The summed E-state index contributed by atoms with van der Waals surface area (Å²) in [4.78, 5) is 4.19. The Kier molecular flexibility index (Phi) is 12.0. The van der Waals surface area contributed by atoms with Crippen LogP contribution in [0.2, 0.25) is 0 Å². The van der Waals surface area contributed by atoms with Gasteiger partial charge in [-0.1, -0.05) is 38.0 Å². The van der Waals surface area contributed by atoms with Gasteiger partial charge in [-0.15, -0.1) is 24.8 Å². The molecular formula is C17H26Cl2N2O. The van der Waals surface area contributed by atoms with Crippen molar-refractivity contribution in [1.82, 2.24) is 10.3 Å². The van der Waals surface area contributed by atoms with E-state index in [-0.39, 0.29) is 24.8 Å². The molecule has 2 heterocycles. The van der Waals surface area contributed by atoms with Gasteiger partial charge in [0.15, 0.2) is 0 Å². The number of unbranched alkanes of at least 4 members (excludes halogenated alkanes) is 4. The van der Waals surface area contributed by atoms with Gasteiger partial charge in [0, 0.05) is 24.2 Å². The molecule has 0 aromatic carbocycles. The summed E-state index contributed by atoms with van der Waals surface area (Å²) in [7, 11) is 0. The average molecular weight is 345 g/mol. The van der Waals surface area contributed by atoms with Gasteiger partial charge < -0.3 is 10.1 Å². The largest absolute Gasteiger partial charge is 0.490 e. The van der Waals surface area contributed by atoms with Crippen LogP contribution in [0.5, 0.6) is 5.75 Å². The van der Waals surface area contributed by atoms with Crippen molar-refractivity contribution in [2.24, 2.45) is 0 Å². The standard InChI is InChI=1S/C17H24N2O.2ClH/c1-2-3-4-5-6-7-8-15-11-17(13-18-12-15)20-14-16-9-10-19-16;;/h11-13,16,19H,2-6,9-10,14H2,1H3;2*1H/t16-;;/m0../s1. The smallest absolute Gasteiger partial charge is 0.138 e. The summed E-state index contributed by atoms with van der Waals surface area (Å²) < 4.78 is 5.72. The lowest BCUT2D eigenvalue weighted by Crippen LogP contribution is -2.46. The van der Waals surface area contributed by atoms with E-state index >= 15 is 0 Å². The van der Waals surface area contributed by atoms with Crippen LogP contribution in [0.15, 0.2) is 18.5 Å². The van der Waals surface area contributed by atoms with Crippen molar-refractivity contribution in [3.05, 3.63) is 24.0 Å². The van der Waals surface area contributed by atoms with Gasteiger partial charge in [0.25, 0.3) is 0 Å². The van der Waals surface area contributed by atoms with E-state index in [4.69, 9.17) is 4.74 Å². The first-order valence-corrected chi connectivity index (χ1v) is 7.68. The third kappa shape index (κ3) is 7.89. The first kappa shape index (κ1) is 21.0. The third-order valence-corrected chi connectivity index (χ3v) is 3.48. The highest BCUT2D eigenvalue weighted by atomic mass is 35.5. The first-order valence-electron chi connectivity index (χ1n) is 7.68. The molecule has 1 saturated heterocycles. The lowest BCUT2D eigenvalue weighted by atomic mass is 10.1. The van der Waals surface area contributed by atoms with Crippen LogP contribution in [0.3, 0.4) is 0 Å². The number of ether oxygens (including phenoxy) is 1. The van der Waals surface area contributed by atoms with Gasteiger partial charge in [-0.25, -0.2) is 0 Å². The Bertz CT molecular complexity index is 467. The number of rotatable bonds is 7. The molecule has 0 aliphatic carbocycles. The lowest BCUT2D eigenvalue weighted by Gasteiger charge is -2.27. The van der Waals surface area contributed by atoms with Crippen molar-refractivity contribution in [3.63, 3.8) is 0 Å². The zero-order valence-electron chi connectivity index (χ0n) is 13.1. The van der Waals surface area contributed by atoms with Crippen LogP contribution in [0, 0.1) is 11.8 Å². The Balaban J connectivity index is 0.00000220. The summed E-state index contributed by atoms with van der Waals surface area (Å²) in [5.74, 6) is 7.20. The maximum absolute atomic E-state index is 5.72. The number of halogens is 2. The molecular weight excluding hydrogens is 319 g/mol. The van der Waals surface area contributed by atoms with Crippen LogP contribution in [-0.4, -0.2) is 24.2 Å². The topological polar surface area (TPSA) is 34.1 Å². The van der Waals surface area contributed by atoms with Gasteiger partial charge in [-0.2, -0.15) is 0 Å². The second-order valence-corrected chi connectivity index (χ2v) is 5.27. The maximum Gasteiger partial charge on any atom is 0.138 e. The second kappa shape index (κ2) is 12.6. The minimum Gasteiger partial charge on any atom is -0.490 e. The molecule has 3 nitrogen and oxygen atoms in total. The Labute approximate surface area is 146 Å². The molecule has 1 aromatic rings. The zero-order chi connectivity index (χ0) is 14.0. The van der Waals surface area contributed by atoms with Gasteiger partial charge in [-0.05, 0) is 25.5 Å². The van der Waals surface area contributed by atoms with Crippen molar-refractivity contribution in [2.75, 3.05) is 13.2 Å². The van der Waals surface area contributed by atoms with Crippen molar-refractivity contribution in [3.8, 4) is 17.6 Å². The van der Waals surface area contributed by atoms with Gasteiger partial charge in [0.05, 0.1) is 6.20 Å². The number of hydrogen-bond acceptors (Lipinski definition) is 3. The highest BCUT2D eigenvalue weighted by Crippen LogP contribution is 2.12. The number of pyridine rings is 1. The predicted octanol–water partition coefficient (Wildman–Crippen LogP) is 3.99. The number of aromatic nitrogens is 1. The molecule has 1 aliphatic rings. The molecule has 1 aliphatic heterocycles. The molecule has 1 fully saturated rings. The number of nitrogens with one attached hydrogen (secondary N) is 1. The highest BCUT2D eigenvalue weighted by Gasteiger charge is 2.16. The van der Waals surface area contributed by atoms with E-state index in [1.54, 1.807) is 12.4 Å². The molecule has 22 heavy (non-hydrogen) atoms. The third-order valence-electron chi connectivity index (χ3n) is 3.48. The molecule has 0 unspecified atom stereocenters. The predicted molar refractivity (Wildman–Crippen MR) is 96.3 cm³/mol. The van der Waals surface area contributed by atoms with E-state index in [0.29, 0.717) is 6.04 Å². The van der Waals surface area contributed by atoms with Crippen LogP contribution in [0.25, 0.3) is 0 Å². The molecule has 2 rings (SSSR count). The second-order valence-electron chi connectivity index (χ2n) is 5.27. The highest BCUT2D eigenvalue weighted by molar-refractivity contribution is 5.85. The lowest BCUT2D eigenvalue weighted by molar-refractivity contribution is 0.217. The Morgan fingerprint density at radius 2 is 2.09 bits per heavy atom. The van der Waals surface area contributed by atoms with Crippen molar-refractivity contribution < 1.29 is 4.74 Å². The minimum atomic E-state index is 0. The SMILES string of the molecule is CCCCCCC#Cc1cncc(OC[C@@H]2CCN2)c1.Cl.Cl. The van der Waals surface area contributed by atoms with E-state index in [1.165, 1.54) is 32.1 Å². The quantitative estimate of drug-likeness (QED) is 0.599. The Hall–Kier alpha value is -0.950. The van der Waals surface area contributed by atoms with Gasteiger partial charge in [0.1, 0.15) is 12.4 Å². The normalized spacial score (nSPS) is 15.4. The van der Waals surface area contributed by atoms with Crippen molar-refractivity contribution in [1.29, 1.82) is 0 Å². The molecule has 124 valence electrons. The first-order chi connectivity index (χ1) is 9.88. The van der Waals surface area contributed by atoms with Crippen LogP contribution in [0.4, 0.5) is 0 Å². The van der Waals surface area contributed by atoms with Gasteiger partial charge in [0.2, 0.25) is 0 Å². The van der Waals surface area contributed by atoms with Gasteiger partial charge >= 0.3 is 0 Å². The summed E-state index contributed by atoms with van der Waals surface area (Å²) in [5, 5.41) is 3.32. The molecule has 0 radical (unpaired) electrons.